The number of hydrogen-bond acceptors (Lipinski definition) is 11. The normalized spacial score (nSPS) is 44.2. The molecule has 0 spiro atoms. The molecule has 13 heteroatoms. The summed E-state index contributed by atoms with van der Waals surface area (Å²) in [6, 6.07) is -0.771. The molecule has 278 valence electrons. The highest BCUT2D eigenvalue weighted by Gasteiger charge is 2.74. The van der Waals surface area contributed by atoms with Gasteiger partial charge >= 0.3 is 18.0 Å². The first-order valence-corrected chi connectivity index (χ1v) is 17.6. The van der Waals surface area contributed by atoms with Gasteiger partial charge in [0.05, 0.1) is 36.5 Å². The number of carbonyl (C=O) groups excluding carboxylic acids is 4. The van der Waals surface area contributed by atoms with Gasteiger partial charge in [0.2, 0.25) is 6.10 Å². The number of methoxy groups -OCH3 is 1. The van der Waals surface area contributed by atoms with Crippen LogP contribution in [0.15, 0.2) is 11.6 Å². The van der Waals surface area contributed by atoms with Crippen molar-refractivity contribution in [3.8, 4) is 0 Å². The molecule has 0 radical (unpaired) electrons. The van der Waals surface area contributed by atoms with Crippen molar-refractivity contribution in [2.75, 3.05) is 27.8 Å². The second-order valence-corrected chi connectivity index (χ2v) is 15.2. The monoisotopic (exact) mass is 695 g/mol. The van der Waals surface area contributed by atoms with Crippen molar-refractivity contribution in [2.24, 2.45) is 23.7 Å². The van der Waals surface area contributed by atoms with Crippen molar-refractivity contribution in [3.05, 3.63) is 11.6 Å². The average Bonchev–Trinajstić information content (AvgIpc) is 3.74. The summed E-state index contributed by atoms with van der Waals surface area (Å²) in [5.41, 5.74) is -1.29. The lowest BCUT2D eigenvalue weighted by Gasteiger charge is -2.47. The molecule has 4 aliphatic rings. The molecule has 4 saturated heterocycles. The third-order valence-electron chi connectivity index (χ3n) is 11.5. The molecule has 0 saturated carbocycles. The third kappa shape index (κ3) is 7.42. The van der Waals surface area contributed by atoms with Crippen molar-refractivity contribution in [2.45, 2.75) is 142 Å². The zero-order valence-electron chi connectivity index (χ0n) is 31.3. The van der Waals surface area contributed by atoms with Crippen molar-refractivity contribution >= 4 is 23.8 Å². The Hall–Kier alpha value is -2.58. The highest BCUT2D eigenvalue weighted by Crippen LogP contribution is 2.54. The highest BCUT2D eigenvalue weighted by molar-refractivity contribution is 6.00. The molecule has 2 unspecified atom stereocenters. The SMILES string of the molecule is CC[C@H]1OC(=[OH+])[C@H](C)C(=O)[C@H](C)[C@@H](O[C@@H]2O[C@H](C)C[C@H](N(C)C)[C@H]2OC(C)=O)[C@](C)(OC)C[C@@H](C)/C(=C\CO)[C@H](C)C2C3N2C(=O)O[C@@]31C. The number of aliphatic hydroxyl groups is 1. The van der Waals surface area contributed by atoms with Gasteiger partial charge < -0.3 is 43.2 Å². The molecule has 1 amide bonds. The molecule has 14 atom stereocenters. The second kappa shape index (κ2) is 15.0. The fourth-order valence-corrected chi connectivity index (χ4v) is 8.76. The van der Waals surface area contributed by atoms with Gasteiger partial charge in [-0.15, -0.1) is 0 Å². The van der Waals surface area contributed by atoms with Crippen molar-refractivity contribution in [3.63, 3.8) is 0 Å². The van der Waals surface area contributed by atoms with E-state index >= 15 is 0 Å². The first kappa shape index (κ1) is 39.2. The van der Waals surface area contributed by atoms with Crippen LogP contribution in [0.4, 0.5) is 4.79 Å². The molecule has 0 aromatic heterocycles. The topological polar surface area (TPSA) is 154 Å². The standard InChI is InChI=1S/C36H58N2O11/c1-13-26-36(9)30-27(38(30)34(43)49-36)20(4)24(14-15-39)18(2)17-35(8,44-12)31(21(5)28(41)22(6)32(42)47-26)48-33-29(46-23(7)40)25(37(10)11)16-19(3)45-33/h14,18-22,25-27,29-31,33,39H,13,15-17H2,1-12H3/p+1/b24-14+/t18-,19-,20+,21+,22-,25+,26-,27?,29-,30?,31-,33+,35-,36-,38?/m1/s1. The number of rotatable bonds is 7. The number of esters is 2. The van der Waals surface area contributed by atoms with E-state index in [9.17, 15) is 24.3 Å². The van der Waals surface area contributed by atoms with Crippen LogP contribution in [0.5, 0.6) is 0 Å². The Bertz CT molecular complexity index is 1290. The number of likely N-dealkylation sites (N-methyl/N-ethyl adjacent to an activating group) is 1. The number of hydrogen-bond donors (Lipinski definition) is 1. The summed E-state index contributed by atoms with van der Waals surface area (Å²) in [6.07, 6.45) is -1.09. The Morgan fingerprint density at radius 1 is 1.14 bits per heavy atom. The van der Waals surface area contributed by atoms with E-state index in [2.05, 4.69) is 0 Å². The van der Waals surface area contributed by atoms with Crippen molar-refractivity contribution < 1.29 is 52.7 Å². The molecule has 49 heavy (non-hydrogen) atoms. The molecule has 4 aliphatic heterocycles. The predicted molar refractivity (Wildman–Crippen MR) is 180 cm³/mol. The first-order valence-electron chi connectivity index (χ1n) is 17.6. The van der Waals surface area contributed by atoms with Crippen LogP contribution in [-0.2, 0) is 38.0 Å². The van der Waals surface area contributed by atoms with Gasteiger partial charge in [-0.25, -0.2) is 4.79 Å². The molecule has 0 bridgehead atoms. The predicted octanol–water partition coefficient (Wildman–Crippen LogP) is 3.47. The summed E-state index contributed by atoms with van der Waals surface area (Å²) >= 11 is 0. The zero-order valence-corrected chi connectivity index (χ0v) is 31.3. The first-order chi connectivity index (χ1) is 22.9. The summed E-state index contributed by atoms with van der Waals surface area (Å²) in [5.74, 6) is -3.63. The van der Waals surface area contributed by atoms with E-state index < -0.39 is 65.7 Å². The number of amides is 1. The number of ether oxygens (including phenoxy) is 6. The van der Waals surface area contributed by atoms with E-state index in [1.807, 2.05) is 60.5 Å². The van der Waals surface area contributed by atoms with Crippen LogP contribution in [0, 0.1) is 23.7 Å². The lowest BCUT2D eigenvalue weighted by Crippen LogP contribution is -2.60. The molecule has 2 N–H and O–H groups in total. The van der Waals surface area contributed by atoms with Crippen LogP contribution >= 0.6 is 0 Å². The van der Waals surface area contributed by atoms with Crippen molar-refractivity contribution in [1.82, 2.24) is 9.80 Å². The maximum absolute atomic E-state index is 14.3. The van der Waals surface area contributed by atoms with Crippen LogP contribution in [0.25, 0.3) is 0 Å². The van der Waals surface area contributed by atoms with E-state index in [4.69, 9.17) is 28.4 Å². The van der Waals surface area contributed by atoms with Gasteiger partial charge in [0.15, 0.2) is 29.7 Å². The van der Waals surface area contributed by atoms with Gasteiger partial charge in [0.1, 0.15) is 6.04 Å². The van der Waals surface area contributed by atoms with Crippen LogP contribution in [0.2, 0.25) is 0 Å². The van der Waals surface area contributed by atoms with E-state index in [0.29, 0.717) is 19.3 Å². The van der Waals surface area contributed by atoms with E-state index in [1.165, 1.54) is 6.92 Å². The number of fused-ring (bicyclic) bond motifs is 1. The molecule has 13 nitrogen and oxygen atoms in total. The van der Waals surface area contributed by atoms with Gasteiger partial charge in [0.25, 0.3) is 0 Å². The molecule has 0 aliphatic carbocycles. The van der Waals surface area contributed by atoms with Crippen molar-refractivity contribution in [1.29, 1.82) is 0 Å². The average molecular weight is 696 g/mol. The Morgan fingerprint density at radius 3 is 2.35 bits per heavy atom. The fourth-order valence-electron chi connectivity index (χ4n) is 8.76. The smallest absolute Gasteiger partial charge is 0.455 e. The van der Waals surface area contributed by atoms with Crippen LogP contribution in [0.1, 0.15) is 81.6 Å². The summed E-state index contributed by atoms with van der Waals surface area (Å²) in [7, 11) is 5.36. The molecule has 0 aromatic carbocycles. The Balaban J connectivity index is 1.82. The molecular weight excluding hydrogens is 636 g/mol. The van der Waals surface area contributed by atoms with Gasteiger partial charge in [-0.1, -0.05) is 39.3 Å². The van der Waals surface area contributed by atoms with Crippen LogP contribution < -0.4 is 0 Å². The Labute approximate surface area is 290 Å². The largest absolute Gasteiger partial charge is 0.493 e. The van der Waals surface area contributed by atoms with E-state index in [0.717, 1.165) is 5.57 Å². The summed E-state index contributed by atoms with van der Waals surface area (Å²) < 4.78 is 37.2. The molecule has 4 fully saturated rings. The van der Waals surface area contributed by atoms with Gasteiger partial charge in [0, 0.05) is 32.3 Å². The maximum atomic E-state index is 14.3. The molecule has 0 aromatic rings. The Morgan fingerprint density at radius 2 is 1.80 bits per heavy atom. The number of carbonyl (C=O) groups is 3. The minimum absolute atomic E-state index is 0.172. The second-order valence-electron chi connectivity index (χ2n) is 15.2. The molecule has 4 rings (SSSR count). The van der Waals surface area contributed by atoms with Gasteiger partial charge in [-0.3, -0.25) is 14.5 Å². The van der Waals surface area contributed by atoms with E-state index in [-0.39, 0.29) is 48.5 Å². The molecular formula is C36H59N2O11+. The van der Waals surface area contributed by atoms with Gasteiger partial charge in [-0.05, 0) is 60.5 Å². The minimum atomic E-state index is -1.13. The number of nitrogens with zero attached hydrogens (tertiary/aromatic N) is 2. The molecule has 4 heterocycles. The minimum Gasteiger partial charge on any atom is -0.455 e. The lowest BCUT2D eigenvalue weighted by atomic mass is 9.74. The zero-order chi connectivity index (χ0) is 36.7. The quantitative estimate of drug-likeness (QED) is 0.104. The number of cyclic esters (lactones) is 1. The summed E-state index contributed by atoms with van der Waals surface area (Å²) in [5, 5.41) is 10.2. The number of ketones is 1. The number of aliphatic hydroxyl groups excluding tert-OH is 1. The Kier molecular flexibility index (Phi) is 12.0. The summed E-state index contributed by atoms with van der Waals surface area (Å²) in [6.45, 7) is 16.0. The van der Waals surface area contributed by atoms with E-state index in [1.54, 1.807) is 31.9 Å². The van der Waals surface area contributed by atoms with Crippen LogP contribution in [-0.4, -0.2) is 131 Å². The highest BCUT2D eigenvalue weighted by atomic mass is 16.7. The lowest BCUT2D eigenvalue weighted by molar-refractivity contribution is -0.297. The van der Waals surface area contributed by atoms with Crippen LogP contribution in [0.3, 0.4) is 0 Å². The number of Topliss-reactive ketones (excluding diaryl/α,β-unsaturated/α-hetero) is 1. The van der Waals surface area contributed by atoms with Gasteiger partial charge in [-0.2, -0.15) is 0 Å². The summed E-state index contributed by atoms with van der Waals surface area (Å²) in [4.78, 5) is 54.8. The fraction of sp³-hybridized carbons (Fsp3) is 0.833. The maximum Gasteiger partial charge on any atom is 0.493 e. The third-order valence-corrected chi connectivity index (χ3v) is 11.5.